The van der Waals surface area contributed by atoms with E-state index in [9.17, 15) is 4.79 Å². The zero-order chi connectivity index (χ0) is 13.8. The molecule has 1 aliphatic heterocycles. The van der Waals surface area contributed by atoms with Crippen LogP contribution in [0, 0.1) is 0 Å². The van der Waals surface area contributed by atoms with Gasteiger partial charge in [-0.3, -0.25) is 4.79 Å². The van der Waals surface area contributed by atoms with Gasteiger partial charge in [0.1, 0.15) is 0 Å². The third-order valence-electron chi connectivity index (χ3n) is 3.15. The molecule has 0 radical (unpaired) electrons. The summed E-state index contributed by atoms with van der Waals surface area (Å²) in [4.78, 5) is 14.1. The highest BCUT2D eigenvalue weighted by Crippen LogP contribution is 2.18. The molecule has 2 unspecified atom stereocenters. The van der Waals surface area contributed by atoms with Crippen LogP contribution < -0.4 is 0 Å². The van der Waals surface area contributed by atoms with Crippen LogP contribution in [0.3, 0.4) is 0 Å². The Kier molecular flexibility index (Phi) is 5.08. The van der Waals surface area contributed by atoms with Crippen molar-refractivity contribution in [3.8, 4) is 0 Å². The van der Waals surface area contributed by atoms with Gasteiger partial charge in [-0.15, -0.1) is 11.6 Å². The predicted molar refractivity (Wildman–Crippen MR) is 76.8 cm³/mol. The van der Waals surface area contributed by atoms with Crippen LogP contribution >= 0.6 is 23.2 Å². The minimum Gasteiger partial charge on any atom is -0.370 e. The lowest BCUT2D eigenvalue weighted by Gasteiger charge is -2.36. The number of amides is 1. The summed E-state index contributed by atoms with van der Waals surface area (Å²) in [5, 5.41) is 0.631. The number of ether oxygens (including phenoxy) is 1. The molecule has 0 N–H and O–H groups in total. The first kappa shape index (κ1) is 14.6. The number of halogens is 2. The van der Waals surface area contributed by atoms with E-state index in [-0.39, 0.29) is 18.1 Å². The summed E-state index contributed by atoms with van der Waals surface area (Å²) < 4.78 is 5.64. The van der Waals surface area contributed by atoms with Gasteiger partial charge in [0.25, 0.3) is 0 Å². The molecule has 1 aliphatic rings. The van der Waals surface area contributed by atoms with Crippen molar-refractivity contribution in [1.29, 1.82) is 0 Å². The number of morpholine rings is 1. The molecule has 3 nitrogen and oxygen atoms in total. The van der Waals surface area contributed by atoms with Gasteiger partial charge in [0.05, 0.1) is 24.5 Å². The van der Waals surface area contributed by atoms with Gasteiger partial charge >= 0.3 is 0 Å². The van der Waals surface area contributed by atoms with E-state index in [1.165, 1.54) is 0 Å². The van der Waals surface area contributed by atoms with Crippen molar-refractivity contribution in [2.45, 2.75) is 25.6 Å². The van der Waals surface area contributed by atoms with E-state index in [4.69, 9.17) is 27.9 Å². The highest BCUT2D eigenvalue weighted by Gasteiger charge is 2.27. The fraction of sp³-hybridized carbons (Fsp3) is 0.500. The van der Waals surface area contributed by atoms with Crippen LogP contribution in [0.5, 0.6) is 0 Å². The minimum atomic E-state index is -0.0828. The lowest BCUT2D eigenvalue weighted by molar-refractivity contribution is -0.142. The van der Waals surface area contributed by atoms with Crippen LogP contribution in [-0.2, 0) is 16.0 Å². The summed E-state index contributed by atoms with van der Waals surface area (Å²) in [5.41, 5.74) is 0.857. The number of hydrogen-bond donors (Lipinski definition) is 0. The molecule has 1 aromatic rings. The molecule has 2 atom stereocenters. The number of carbonyl (C=O) groups is 1. The maximum Gasteiger partial charge on any atom is 0.227 e. The quantitative estimate of drug-likeness (QED) is 0.804. The summed E-state index contributed by atoms with van der Waals surface area (Å²) >= 11 is 11.9. The summed E-state index contributed by atoms with van der Waals surface area (Å²) in [5.74, 6) is 0.471. The van der Waals surface area contributed by atoms with Gasteiger partial charge in [0.2, 0.25) is 5.91 Å². The van der Waals surface area contributed by atoms with Gasteiger partial charge in [-0.25, -0.2) is 0 Å². The molecule has 1 fully saturated rings. The third kappa shape index (κ3) is 3.85. The highest BCUT2D eigenvalue weighted by molar-refractivity contribution is 6.31. The SMILES string of the molecule is CC1CN(C(=O)Cc2ccccc2Cl)CC(CCl)O1. The molecular weight excluding hydrogens is 285 g/mol. The van der Waals surface area contributed by atoms with Crippen molar-refractivity contribution in [1.82, 2.24) is 4.90 Å². The van der Waals surface area contributed by atoms with Crippen LogP contribution in [0.15, 0.2) is 24.3 Å². The number of rotatable bonds is 3. The zero-order valence-corrected chi connectivity index (χ0v) is 12.3. The molecule has 1 saturated heterocycles. The average molecular weight is 302 g/mol. The topological polar surface area (TPSA) is 29.5 Å². The van der Waals surface area contributed by atoms with Gasteiger partial charge < -0.3 is 9.64 Å². The Morgan fingerprint density at radius 1 is 1.42 bits per heavy atom. The number of nitrogens with zero attached hydrogens (tertiary/aromatic N) is 1. The Morgan fingerprint density at radius 3 is 2.84 bits per heavy atom. The van der Waals surface area contributed by atoms with Crippen LogP contribution in [0.1, 0.15) is 12.5 Å². The summed E-state index contributed by atoms with van der Waals surface area (Å²) in [6.45, 7) is 3.11. The molecule has 0 aliphatic carbocycles. The maximum atomic E-state index is 12.3. The summed E-state index contributed by atoms with van der Waals surface area (Å²) in [7, 11) is 0. The molecule has 19 heavy (non-hydrogen) atoms. The van der Waals surface area contributed by atoms with Crippen LogP contribution in [-0.4, -0.2) is 42.0 Å². The molecule has 1 heterocycles. The monoisotopic (exact) mass is 301 g/mol. The lowest BCUT2D eigenvalue weighted by atomic mass is 10.1. The molecule has 0 aromatic heterocycles. The molecule has 2 rings (SSSR count). The first-order chi connectivity index (χ1) is 9.10. The molecule has 1 aromatic carbocycles. The number of alkyl halides is 1. The van der Waals surface area contributed by atoms with E-state index >= 15 is 0 Å². The Hall–Kier alpha value is -0.770. The fourth-order valence-electron chi connectivity index (χ4n) is 2.25. The van der Waals surface area contributed by atoms with E-state index in [0.717, 1.165) is 5.56 Å². The van der Waals surface area contributed by atoms with E-state index < -0.39 is 0 Å². The Morgan fingerprint density at radius 2 is 2.16 bits per heavy atom. The lowest BCUT2D eigenvalue weighted by Crippen LogP contribution is -2.50. The highest BCUT2D eigenvalue weighted by atomic mass is 35.5. The number of hydrogen-bond acceptors (Lipinski definition) is 2. The van der Waals surface area contributed by atoms with Gasteiger partial charge in [0.15, 0.2) is 0 Å². The van der Waals surface area contributed by atoms with Gasteiger partial charge in [-0.1, -0.05) is 29.8 Å². The van der Waals surface area contributed by atoms with Crippen molar-refractivity contribution in [2.75, 3.05) is 19.0 Å². The van der Waals surface area contributed by atoms with E-state index in [2.05, 4.69) is 0 Å². The normalized spacial score (nSPS) is 23.4. The standard InChI is InChI=1S/C14H17Cl2NO2/c1-10-8-17(9-12(7-15)19-10)14(18)6-11-4-2-3-5-13(11)16/h2-5,10,12H,6-9H2,1H3. The summed E-state index contributed by atoms with van der Waals surface area (Å²) in [6, 6.07) is 7.42. The number of benzene rings is 1. The largest absolute Gasteiger partial charge is 0.370 e. The predicted octanol–water partition coefficient (Wildman–Crippen LogP) is 2.74. The van der Waals surface area contributed by atoms with Crippen molar-refractivity contribution < 1.29 is 9.53 Å². The van der Waals surface area contributed by atoms with E-state index in [1.54, 1.807) is 6.07 Å². The molecular formula is C14H17Cl2NO2. The molecule has 104 valence electrons. The zero-order valence-electron chi connectivity index (χ0n) is 10.8. The fourth-order valence-corrected chi connectivity index (χ4v) is 2.62. The van der Waals surface area contributed by atoms with Crippen LogP contribution in [0.25, 0.3) is 0 Å². The first-order valence-electron chi connectivity index (χ1n) is 6.32. The minimum absolute atomic E-state index is 0.0210. The maximum absolute atomic E-state index is 12.3. The van der Waals surface area contributed by atoms with Crippen molar-refractivity contribution >= 4 is 29.1 Å². The Labute approximate surface area is 123 Å². The van der Waals surface area contributed by atoms with Gasteiger partial charge in [-0.2, -0.15) is 0 Å². The van der Waals surface area contributed by atoms with Crippen molar-refractivity contribution in [3.05, 3.63) is 34.9 Å². The third-order valence-corrected chi connectivity index (χ3v) is 3.86. The van der Waals surface area contributed by atoms with Gasteiger partial charge in [0, 0.05) is 18.1 Å². The van der Waals surface area contributed by atoms with Crippen LogP contribution in [0.4, 0.5) is 0 Å². The molecule has 0 saturated carbocycles. The average Bonchev–Trinajstić information content (AvgIpc) is 2.40. The smallest absolute Gasteiger partial charge is 0.227 e. The molecule has 1 amide bonds. The second-order valence-corrected chi connectivity index (χ2v) is 5.51. The Balaban J connectivity index is 2.01. The Bertz CT molecular complexity index is 453. The number of carbonyl (C=O) groups excluding carboxylic acids is 1. The van der Waals surface area contributed by atoms with Crippen molar-refractivity contribution in [3.63, 3.8) is 0 Å². The van der Waals surface area contributed by atoms with Crippen LogP contribution in [0.2, 0.25) is 5.02 Å². The second-order valence-electron chi connectivity index (χ2n) is 4.79. The summed E-state index contributed by atoms with van der Waals surface area (Å²) in [6.07, 6.45) is 0.259. The molecule has 0 bridgehead atoms. The van der Waals surface area contributed by atoms with Crippen molar-refractivity contribution in [2.24, 2.45) is 0 Å². The molecule has 0 spiro atoms. The van der Waals surface area contributed by atoms with E-state index in [1.807, 2.05) is 30.0 Å². The second kappa shape index (κ2) is 6.60. The van der Waals surface area contributed by atoms with E-state index in [0.29, 0.717) is 30.4 Å². The molecule has 5 heteroatoms. The first-order valence-corrected chi connectivity index (χ1v) is 7.24. The van der Waals surface area contributed by atoms with Gasteiger partial charge in [-0.05, 0) is 18.6 Å².